The van der Waals surface area contributed by atoms with Gasteiger partial charge in [0.05, 0.1) is 7.11 Å². The third kappa shape index (κ3) is 4.37. The lowest BCUT2D eigenvalue weighted by atomic mass is 10.1. The van der Waals surface area contributed by atoms with E-state index >= 15 is 0 Å². The van der Waals surface area contributed by atoms with Crippen LogP contribution in [0, 0.1) is 0 Å². The number of rotatable bonds is 7. The Balaban J connectivity index is 1.75. The average molecular weight is 420 g/mol. The number of carbonyl (C=O) groups is 1. The van der Waals surface area contributed by atoms with Crippen LogP contribution >= 0.6 is 15.9 Å². The molecule has 138 valence electrons. The first-order valence-corrected chi connectivity index (χ1v) is 9.37. The Morgan fingerprint density at radius 3 is 2.73 bits per heavy atom. The minimum absolute atomic E-state index is 0.415. The Hall–Kier alpha value is -2.05. The number of hydrogen-bond acceptors (Lipinski definition) is 4. The van der Waals surface area contributed by atoms with E-state index in [1.54, 1.807) is 7.11 Å². The van der Waals surface area contributed by atoms with E-state index in [0.717, 1.165) is 28.6 Å². The van der Waals surface area contributed by atoms with Gasteiger partial charge in [0.25, 0.3) is 0 Å². The van der Waals surface area contributed by atoms with Crippen LogP contribution < -0.4 is 9.47 Å². The molecule has 1 atom stereocenters. The zero-order valence-corrected chi connectivity index (χ0v) is 16.2. The lowest BCUT2D eigenvalue weighted by Gasteiger charge is -2.22. The van der Waals surface area contributed by atoms with Crippen LogP contribution in [0.2, 0.25) is 0 Å². The molecular weight excluding hydrogens is 398 g/mol. The molecule has 0 bridgehead atoms. The fourth-order valence-electron chi connectivity index (χ4n) is 3.22. The van der Waals surface area contributed by atoms with E-state index in [2.05, 4.69) is 15.9 Å². The fraction of sp³-hybridized carbons (Fsp3) is 0.350. The van der Waals surface area contributed by atoms with Gasteiger partial charge >= 0.3 is 5.97 Å². The highest BCUT2D eigenvalue weighted by atomic mass is 79.9. The van der Waals surface area contributed by atoms with Crippen LogP contribution in [0.3, 0.4) is 0 Å². The van der Waals surface area contributed by atoms with Crippen molar-refractivity contribution in [3.63, 3.8) is 0 Å². The maximum Gasteiger partial charge on any atom is 0.320 e. The number of carboxylic acids is 1. The molecule has 0 amide bonds. The van der Waals surface area contributed by atoms with Crippen LogP contribution in [0.4, 0.5) is 0 Å². The molecule has 26 heavy (non-hydrogen) atoms. The first-order chi connectivity index (χ1) is 12.6. The molecule has 1 unspecified atom stereocenters. The second-order valence-corrected chi connectivity index (χ2v) is 7.19. The Kier molecular flexibility index (Phi) is 6.16. The molecule has 2 aromatic carbocycles. The van der Waals surface area contributed by atoms with E-state index in [9.17, 15) is 9.90 Å². The van der Waals surface area contributed by atoms with Crippen LogP contribution in [0.5, 0.6) is 11.5 Å². The fourth-order valence-corrected chi connectivity index (χ4v) is 3.67. The molecule has 6 heteroatoms. The summed E-state index contributed by atoms with van der Waals surface area (Å²) >= 11 is 3.59. The lowest BCUT2D eigenvalue weighted by molar-refractivity contribution is -0.142. The normalized spacial score (nSPS) is 17.2. The van der Waals surface area contributed by atoms with Crippen LogP contribution in [0.15, 0.2) is 46.9 Å². The molecule has 1 aliphatic heterocycles. The molecule has 5 nitrogen and oxygen atoms in total. The van der Waals surface area contributed by atoms with Gasteiger partial charge in [-0.1, -0.05) is 46.3 Å². The van der Waals surface area contributed by atoms with Gasteiger partial charge in [-0.3, -0.25) is 9.69 Å². The van der Waals surface area contributed by atoms with Crippen molar-refractivity contribution in [2.75, 3.05) is 13.7 Å². The van der Waals surface area contributed by atoms with Crippen LogP contribution in [0.25, 0.3) is 0 Å². The van der Waals surface area contributed by atoms with Gasteiger partial charge in [0.15, 0.2) is 11.5 Å². The van der Waals surface area contributed by atoms with Gasteiger partial charge < -0.3 is 14.6 Å². The quantitative estimate of drug-likeness (QED) is 0.732. The largest absolute Gasteiger partial charge is 0.493 e. The van der Waals surface area contributed by atoms with Gasteiger partial charge in [-0.25, -0.2) is 0 Å². The van der Waals surface area contributed by atoms with Crippen molar-refractivity contribution in [3.05, 3.63) is 58.1 Å². The Labute approximate surface area is 161 Å². The zero-order chi connectivity index (χ0) is 18.5. The van der Waals surface area contributed by atoms with Crippen molar-refractivity contribution < 1.29 is 19.4 Å². The van der Waals surface area contributed by atoms with Crippen molar-refractivity contribution in [1.82, 2.24) is 4.90 Å². The number of halogens is 1. The van der Waals surface area contributed by atoms with Crippen LogP contribution in [-0.2, 0) is 17.9 Å². The molecule has 2 aromatic rings. The SMILES string of the molecule is COc1cc(CN2CCCC2C(=O)O)c(Br)cc1OCc1ccccc1. The zero-order valence-electron chi connectivity index (χ0n) is 14.7. The van der Waals surface area contributed by atoms with Gasteiger partial charge in [0.1, 0.15) is 12.6 Å². The minimum atomic E-state index is -0.756. The number of hydrogen-bond donors (Lipinski definition) is 1. The predicted octanol–water partition coefficient (Wildman–Crippen LogP) is 4.09. The van der Waals surface area contributed by atoms with Crippen molar-refractivity contribution in [2.45, 2.75) is 32.0 Å². The second-order valence-electron chi connectivity index (χ2n) is 6.34. The van der Waals surface area contributed by atoms with Crippen molar-refractivity contribution in [2.24, 2.45) is 0 Å². The topological polar surface area (TPSA) is 59.0 Å². The summed E-state index contributed by atoms with van der Waals surface area (Å²) in [5, 5.41) is 9.36. The average Bonchev–Trinajstić information content (AvgIpc) is 3.11. The summed E-state index contributed by atoms with van der Waals surface area (Å²) in [6.07, 6.45) is 1.60. The molecule has 0 aromatic heterocycles. The van der Waals surface area contributed by atoms with E-state index in [1.807, 2.05) is 47.4 Å². The van der Waals surface area contributed by atoms with E-state index < -0.39 is 12.0 Å². The van der Waals surface area contributed by atoms with Crippen molar-refractivity contribution in [3.8, 4) is 11.5 Å². The number of carboxylic acid groups (broad SMARTS) is 1. The molecule has 1 N–H and O–H groups in total. The Morgan fingerprint density at radius 1 is 1.27 bits per heavy atom. The molecule has 0 aliphatic carbocycles. The standard InChI is InChI=1S/C20H22BrNO4/c1-25-18-10-15(12-22-9-5-8-17(22)20(23)24)16(21)11-19(18)26-13-14-6-3-2-4-7-14/h2-4,6-7,10-11,17H,5,8-9,12-13H2,1H3,(H,23,24). The summed E-state index contributed by atoms with van der Waals surface area (Å²) in [6.45, 7) is 1.81. The molecule has 0 spiro atoms. The number of likely N-dealkylation sites (tertiary alicyclic amines) is 1. The first kappa shape index (κ1) is 18.7. The molecular formula is C20H22BrNO4. The van der Waals surface area contributed by atoms with Crippen molar-refractivity contribution >= 4 is 21.9 Å². The maximum atomic E-state index is 11.4. The highest BCUT2D eigenvalue weighted by Crippen LogP contribution is 2.35. The molecule has 0 saturated carbocycles. The molecule has 1 saturated heterocycles. The van der Waals surface area contributed by atoms with Crippen LogP contribution in [-0.4, -0.2) is 35.7 Å². The first-order valence-electron chi connectivity index (χ1n) is 8.58. The summed E-state index contributed by atoms with van der Waals surface area (Å²) in [5.41, 5.74) is 2.07. The number of ether oxygens (including phenoxy) is 2. The number of benzene rings is 2. The smallest absolute Gasteiger partial charge is 0.320 e. The third-order valence-electron chi connectivity index (χ3n) is 4.59. The second kappa shape index (κ2) is 8.56. The van der Waals surface area contributed by atoms with E-state index in [-0.39, 0.29) is 0 Å². The summed E-state index contributed by atoms with van der Waals surface area (Å²) in [4.78, 5) is 13.4. The summed E-state index contributed by atoms with van der Waals surface area (Å²) in [7, 11) is 1.61. The van der Waals surface area contributed by atoms with Gasteiger partial charge in [-0.05, 0) is 42.6 Å². The minimum Gasteiger partial charge on any atom is -0.493 e. The number of methoxy groups -OCH3 is 1. The Bertz CT molecular complexity index is 766. The highest BCUT2D eigenvalue weighted by Gasteiger charge is 2.30. The van der Waals surface area contributed by atoms with Gasteiger partial charge in [-0.2, -0.15) is 0 Å². The third-order valence-corrected chi connectivity index (χ3v) is 5.33. The van der Waals surface area contributed by atoms with Gasteiger partial charge in [0, 0.05) is 11.0 Å². The molecule has 1 aliphatic rings. The molecule has 3 rings (SSSR count). The highest BCUT2D eigenvalue weighted by molar-refractivity contribution is 9.10. The monoisotopic (exact) mass is 419 g/mol. The van der Waals surface area contributed by atoms with Gasteiger partial charge in [0.2, 0.25) is 0 Å². The van der Waals surface area contributed by atoms with E-state index in [1.165, 1.54) is 0 Å². The predicted molar refractivity (Wildman–Crippen MR) is 103 cm³/mol. The Morgan fingerprint density at radius 2 is 2.04 bits per heavy atom. The number of nitrogens with zero attached hydrogens (tertiary/aromatic N) is 1. The maximum absolute atomic E-state index is 11.4. The molecule has 0 radical (unpaired) electrons. The molecule has 1 fully saturated rings. The lowest BCUT2D eigenvalue weighted by Crippen LogP contribution is -2.35. The van der Waals surface area contributed by atoms with Crippen LogP contribution in [0.1, 0.15) is 24.0 Å². The summed E-state index contributed by atoms with van der Waals surface area (Å²) in [5.74, 6) is 0.543. The van der Waals surface area contributed by atoms with Crippen molar-refractivity contribution in [1.29, 1.82) is 0 Å². The number of aliphatic carboxylic acids is 1. The van der Waals surface area contributed by atoms with E-state index in [4.69, 9.17) is 9.47 Å². The summed E-state index contributed by atoms with van der Waals surface area (Å²) < 4.78 is 12.3. The van der Waals surface area contributed by atoms with E-state index in [0.29, 0.717) is 31.1 Å². The summed E-state index contributed by atoms with van der Waals surface area (Å²) in [6, 6.07) is 13.3. The van der Waals surface area contributed by atoms with Gasteiger partial charge in [-0.15, -0.1) is 0 Å². The molecule has 1 heterocycles.